The van der Waals surface area contributed by atoms with Crippen molar-refractivity contribution in [1.82, 2.24) is 5.10 Å². The molecule has 0 saturated carbocycles. The summed E-state index contributed by atoms with van der Waals surface area (Å²) in [5.41, 5.74) is -0.345. The third-order valence-corrected chi connectivity index (χ3v) is 0.765. The van der Waals surface area contributed by atoms with Gasteiger partial charge >= 0.3 is 0 Å². The highest BCUT2D eigenvalue weighted by Crippen LogP contribution is 1.61. The Kier molecular flexibility index (Phi) is 1.40. The van der Waals surface area contributed by atoms with Gasteiger partial charge in [0.2, 0.25) is 5.43 Å². The lowest BCUT2D eigenvalue weighted by Gasteiger charge is -1.79. The van der Waals surface area contributed by atoms with Gasteiger partial charge in [-0.2, -0.15) is 0 Å². The molecule has 0 aliphatic heterocycles. The number of hydrogen-bond donors (Lipinski definition) is 0. The summed E-state index contributed by atoms with van der Waals surface area (Å²) in [6.45, 7) is 0. The van der Waals surface area contributed by atoms with Gasteiger partial charge in [-0.05, 0) is 12.1 Å². The zero-order chi connectivity index (χ0) is 6.69. The normalized spacial score (nSPS) is 8.89. The van der Waals surface area contributed by atoms with Gasteiger partial charge in [-0.1, -0.05) is 4.85 Å². The quantitative estimate of drug-likeness (QED) is 0.332. The molecule has 0 spiro atoms. The van der Waals surface area contributed by atoms with Crippen LogP contribution in [-0.2, 0) is 0 Å². The van der Waals surface area contributed by atoms with Gasteiger partial charge in [0.1, 0.15) is 0 Å². The molecule has 0 atom stereocenters. The monoisotopic (exact) mass is 124 g/mol. The van der Waals surface area contributed by atoms with Crippen LogP contribution in [0.15, 0.2) is 29.3 Å². The van der Waals surface area contributed by atoms with Crippen LogP contribution < -0.4 is 10.3 Å². The van der Waals surface area contributed by atoms with Crippen molar-refractivity contribution in [3.63, 3.8) is 0 Å². The molecule has 0 fully saturated rings. The van der Waals surface area contributed by atoms with Crippen molar-refractivity contribution in [2.75, 3.05) is 0 Å². The Balaban J connectivity index is 3.37. The van der Waals surface area contributed by atoms with E-state index in [0.29, 0.717) is 0 Å². The minimum atomic E-state index is -0.345. The molecule has 46 valence electrons. The molecule has 0 radical (unpaired) electrons. The highest BCUT2D eigenvalue weighted by atomic mass is 16.5. The SMILES string of the molecule is O=c1cccn[n+]([O-])c1. The van der Waals surface area contributed by atoms with E-state index >= 15 is 0 Å². The summed E-state index contributed by atoms with van der Waals surface area (Å²) in [6, 6.07) is 2.68. The van der Waals surface area contributed by atoms with Crippen LogP contribution in [0.4, 0.5) is 0 Å². The van der Waals surface area contributed by atoms with E-state index in [0.717, 1.165) is 6.20 Å². The van der Waals surface area contributed by atoms with Crippen LogP contribution in [0.1, 0.15) is 0 Å². The van der Waals surface area contributed by atoms with E-state index < -0.39 is 0 Å². The molecule has 1 aromatic rings. The van der Waals surface area contributed by atoms with Gasteiger partial charge in [0.25, 0.3) is 6.20 Å². The maximum atomic E-state index is 10.4. The Morgan fingerprint density at radius 2 is 2.44 bits per heavy atom. The third-order valence-electron chi connectivity index (χ3n) is 0.765. The van der Waals surface area contributed by atoms with Crippen molar-refractivity contribution < 1.29 is 4.85 Å². The molecule has 1 rings (SSSR count). The molecule has 0 aromatic carbocycles. The van der Waals surface area contributed by atoms with Crippen LogP contribution in [0, 0.1) is 5.21 Å². The van der Waals surface area contributed by atoms with Crippen LogP contribution >= 0.6 is 0 Å². The first-order valence-electron chi connectivity index (χ1n) is 2.35. The lowest BCUT2D eigenvalue weighted by Crippen LogP contribution is -2.30. The zero-order valence-corrected chi connectivity index (χ0v) is 4.52. The molecule has 9 heavy (non-hydrogen) atoms. The van der Waals surface area contributed by atoms with Crippen molar-refractivity contribution in [2.45, 2.75) is 0 Å². The molecule has 0 unspecified atom stereocenters. The van der Waals surface area contributed by atoms with E-state index in [-0.39, 0.29) is 10.3 Å². The van der Waals surface area contributed by atoms with Gasteiger partial charge in [-0.15, -0.1) is 0 Å². The Bertz CT molecular complexity index is 261. The highest BCUT2D eigenvalue weighted by Gasteiger charge is 1.84. The Hall–Kier alpha value is -1.45. The fourth-order valence-electron chi connectivity index (χ4n) is 0.427. The number of rotatable bonds is 0. The van der Waals surface area contributed by atoms with Crippen LogP contribution in [0.2, 0.25) is 0 Å². The standard InChI is InChI=1S/C5H4N2O2/c8-5-2-1-3-6-7(9)4-5/h1-4H. The molecule has 0 aliphatic carbocycles. The summed E-state index contributed by atoms with van der Waals surface area (Å²) < 4.78 is 0. The van der Waals surface area contributed by atoms with Crippen LogP contribution in [-0.4, -0.2) is 5.10 Å². The molecule has 1 aromatic heterocycles. The van der Waals surface area contributed by atoms with E-state index in [2.05, 4.69) is 5.10 Å². The summed E-state index contributed by atoms with van der Waals surface area (Å²) in [6.07, 6.45) is 2.12. The predicted molar refractivity (Wildman–Crippen MR) is 29.5 cm³/mol. The molecule has 0 saturated heterocycles. The van der Waals surface area contributed by atoms with Crippen molar-refractivity contribution >= 4 is 0 Å². The lowest BCUT2D eigenvalue weighted by molar-refractivity contribution is -0.668. The fourth-order valence-corrected chi connectivity index (χ4v) is 0.427. The number of nitrogens with zero attached hydrogens (tertiary/aromatic N) is 2. The average molecular weight is 124 g/mol. The zero-order valence-electron chi connectivity index (χ0n) is 4.52. The summed E-state index contributed by atoms with van der Waals surface area (Å²) in [7, 11) is 0. The van der Waals surface area contributed by atoms with Crippen LogP contribution in [0.5, 0.6) is 0 Å². The molecule has 1 heterocycles. The molecular weight excluding hydrogens is 120 g/mol. The van der Waals surface area contributed by atoms with Crippen molar-refractivity contribution in [3.05, 3.63) is 40.0 Å². The molecule has 4 nitrogen and oxygen atoms in total. The second-order valence-corrected chi connectivity index (χ2v) is 1.46. The second kappa shape index (κ2) is 2.21. The van der Waals surface area contributed by atoms with E-state index in [1.54, 1.807) is 0 Å². The summed E-state index contributed by atoms with van der Waals surface area (Å²) >= 11 is 0. The summed E-state index contributed by atoms with van der Waals surface area (Å²) in [5, 5.41) is 13.6. The topological polar surface area (TPSA) is 56.9 Å². The van der Waals surface area contributed by atoms with Crippen molar-refractivity contribution in [3.8, 4) is 0 Å². The molecule has 0 N–H and O–H groups in total. The first kappa shape index (κ1) is 5.68. The van der Waals surface area contributed by atoms with Crippen molar-refractivity contribution in [1.29, 1.82) is 0 Å². The smallest absolute Gasteiger partial charge is 0.256 e. The molecule has 0 amide bonds. The first-order chi connectivity index (χ1) is 4.29. The molecule has 0 bridgehead atoms. The van der Waals surface area contributed by atoms with Gasteiger partial charge in [-0.25, -0.2) is 0 Å². The minimum Gasteiger partial charge on any atom is -0.594 e. The number of hydrogen-bond acceptors (Lipinski definition) is 3. The first-order valence-corrected chi connectivity index (χ1v) is 2.35. The molecule has 0 aliphatic rings. The van der Waals surface area contributed by atoms with Gasteiger partial charge < -0.3 is 5.21 Å². The second-order valence-electron chi connectivity index (χ2n) is 1.46. The van der Waals surface area contributed by atoms with Crippen molar-refractivity contribution in [2.24, 2.45) is 0 Å². The van der Waals surface area contributed by atoms with Gasteiger partial charge in [0.15, 0.2) is 0 Å². The maximum Gasteiger partial charge on any atom is 0.256 e. The molecule has 4 heteroatoms. The van der Waals surface area contributed by atoms with E-state index in [4.69, 9.17) is 0 Å². The Labute approximate surface area is 51.0 Å². The minimum absolute atomic E-state index is 0.225. The van der Waals surface area contributed by atoms with E-state index in [1.165, 1.54) is 18.3 Å². The van der Waals surface area contributed by atoms with Crippen LogP contribution in [0.25, 0.3) is 0 Å². The predicted octanol–water partition coefficient (Wildman–Crippen LogP) is -0.925. The third kappa shape index (κ3) is 1.49. The van der Waals surface area contributed by atoms with Gasteiger partial charge in [-0.3, -0.25) is 4.79 Å². The lowest BCUT2D eigenvalue weighted by atomic mass is 10.5. The van der Waals surface area contributed by atoms with Gasteiger partial charge in [0, 0.05) is 5.10 Å². The average Bonchev–Trinajstić information content (AvgIpc) is 1.93. The largest absolute Gasteiger partial charge is 0.594 e. The summed E-state index contributed by atoms with van der Waals surface area (Å²) in [5.74, 6) is 0. The molecular formula is C5H4N2O2. The summed E-state index contributed by atoms with van der Waals surface area (Å²) in [4.78, 5) is 10.7. The van der Waals surface area contributed by atoms with Gasteiger partial charge in [0.05, 0.1) is 6.20 Å². The fraction of sp³-hybridized carbons (Fsp3) is 0. The van der Waals surface area contributed by atoms with E-state index in [1.807, 2.05) is 0 Å². The Morgan fingerprint density at radius 1 is 1.67 bits per heavy atom. The maximum absolute atomic E-state index is 10.4. The Morgan fingerprint density at radius 3 is 3.22 bits per heavy atom. The highest BCUT2D eigenvalue weighted by molar-refractivity contribution is 4.84. The van der Waals surface area contributed by atoms with E-state index in [9.17, 15) is 10.0 Å². The van der Waals surface area contributed by atoms with Crippen LogP contribution in [0.3, 0.4) is 0 Å². The number of aromatic nitrogens is 2.